The first-order valence-electron chi connectivity index (χ1n) is 9.94. The standard InChI is InChI=1S/C22H22N6O/c29-20-14-18(15-27-12-6-10-19(27)13-17-9-4-5-11-23-17)24-22-25-21(26-28(20)22)16-7-2-1-3-8-16/h1-5,7-9,11,14,19H,6,10,12-13,15H2,(H,24,25,26). The molecule has 1 aliphatic heterocycles. The summed E-state index contributed by atoms with van der Waals surface area (Å²) in [7, 11) is 0. The van der Waals surface area contributed by atoms with Gasteiger partial charge in [0.2, 0.25) is 0 Å². The molecule has 5 rings (SSSR count). The zero-order valence-electron chi connectivity index (χ0n) is 16.0. The van der Waals surface area contributed by atoms with Crippen molar-refractivity contribution in [3.8, 4) is 11.4 Å². The van der Waals surface area contributed by atoms with Crippen LogP contribution in [0.4, 0.5) is 0 Å². The molecule has 3 aromatic heterocycles. The molecule has 0 bridgehead atoms. The number of aromatic nitrogens is 5. The highest BCUT2D eigenvalue weighted by Crippen LogP contribution is 2.22. The Morgan fingerprint density at radius 2 is 1.90 bits per heavy atom. The molecule has 4 heterocycles. The van der Waals surface area contributed by atoms with E-state index in [2.05, 4.69) is 31.0 Å². The van der Waals surface area contributed by atoms with Gasteiger partial charge in [-0.25, -0.2) is 4.98 Å². The van der Waals surface area contributed by atoms with E-state index >= 15 is 0 Å². The van der Waals surface area contributed by atoms with Crippen molar-refractivity contribution in [2.45, 2.75) is 31.8 Å². The largest absolute Gasteiger partial charge is 0.294 e. The molecule has 1 unspecified atom stereocenters. The fourth-order valence-corrected chi connectivity index (χ4v) is 4.04. The van der Waals surface area contributed by atoms with Crippen LogP contribution in [0.5, 0.6) is 0 Å². The summed E-state index contributed by atoms with van der Waals surface area (Å²) in [4.78, 5) is 28.7. The first kappa shape index (κ1) is 17.8. The molecule has 1 aliphatic rings. The summed E-state index contributed by atoms with van der Waals surface area (Å²) in [5.41, 5.74) is 2.65. The monoisotopic (exact) mass is 386 g/mol. The average molecular weight is 386 g/mol. The van der Waals surface area contributed by atoms with E-state index in [9.17, 15) is 4.79 Å². The van der Waals surface area contributed by atoms with Crippen molar-refractivity contribution in [2.24, 2.45) is 0 Å². The van der Waals surface area contributed by atoms with Crippen LogP contribution in [0.1, 0.15) is 24.2 Å². The Kier molecular flexibility index (Phi) is 4.65. The van der Waals surface area contributed by atoms with E-state index in [0.29, 0.717) is 24.2 Å². The van der Waals surface area contributed by atoms with E-state index < -0.39 is 0 Å². The SMILES string of the molecule is O=c1cc(CN2CCCC2Cc2ccccn2)nc2nc(-c3ccccc3)[nH]n12. The first-order valence-corrected chi connectivity index (χ1v) is 9.94. The molecule has 7 heteroatoms. The molecule has 29 heavy (non-hydrogen) atoms. The summed E-state index contributed by atoms with van der Waals surface area (Å²) in [6.45, 7) is 1.66. The Morgan fingerprint density at radius 1 is 1.03 bits per heavy atom. The zero-order chi connectivity index (χ0) is 19.6. The van der Waals surface area contributed by atoms with Crippen LogP contribution >= 0.6 is 0 Å². The topological polar surface area (TPSA) is 79.2 Å². The molecule has 4 aromatic rings. The lowest BCUT2D eigenvalue weighted by Crippen LogP contribution is -2.32. The molecule has 1 saturated heterocycles. The Morgan fingerprint density at radius 3 is 2.72 bits per heavy atom. The van der Waals surface area contributed by atoms with Gasteiger partial charge in [0.25, 0.3) is 11.3 Å². The second-order valence-electron chi connectivity index (χ2n) is 7.45. The third-order valence-corrected chi connectivity index (χ3v) is 5.47. The van der Waals surface area contributed by atoms with Crippen LogP contribution < -0.4 is 5.56 Å². The number of likely N-dealkylation sites (tertiary alicyclic amines) is 1. The molecule has 146 valence electrons. The third-order valence-electron chi connectivity index (χ3n) is 5.47. The highest BCUT2D eigenvalue weighted by Gasteiger charge is 2.25. The number of nitrogens with one attached hydrogen (secondary N) is 1. The third kappa shape index (κ3) is 3.69. The van der Waals surface area contributed by atoms with Gasteiger partial charge in [0.05, 0.1) is 5.69 Å². The van der Waals surface area contributed by atoms with Crippen molar-refractivity contribution in [1.29, 1.82) is 0 Å². The quantitative estimate of drug-likeness (QED) is 0.570. The van der Waals surface area contributed by atoms with E-state index in [1.807, 2.05) is 48.7 Å². The fourth-order valence-electron chi connectivity index (χ4n) is 4.04. The van der Waals surface area contributed by atoms with Crippen molar-refractivity contribution < 1.29 is 0 Å². The summed E-state index contributed by atoms with van der Waals surface area (Å²) in [6, 6.07) is 17.8. The number of hydrogen-bond donors (Lipinski definition) is 1. The Balaban J connectivity index is 1.39. The lowest BCUT2D eigenvalue weighted by Gasteiger charge is -2.23. The van der Waals surface area contributed by atoms with Crippen LogP contribution in [0.3, 0.4) is 0 Å². The maximum absolute atomic E-state index is 12.6. The van der Waals surface area contributed by atoms with Crippen molar-refractivity contribution in [2.75, 3.05) is 6.54 Å². The Hall–Kier alpha value is -3.32. The molecule has 1 atom stereocenters. The smallest absolute Gasteiger partial charge is 0.274 e. The Bertz CT molecular complexity index is 1170. The van der Waals surface area contributed by atoms with Crippen molar-refractivity contribution in [1.82, 2.24) is 29.5 Å². The number of pyridine rings is 1. The van der Waals surface area contributed by atoms with Crippen molar-refractivity contribution in [3.05, 3.63) is 82.5 Å². The molecule has 0 amide bonds. The lowest BCUT2D eigenvalue weighted by atomic mass is 10.1. The summed E-state index contributed by atoms with van der Waals surface area (Å²) in [5.74, 6) is 1.05. The number of fused-ring (bicyclic) bond motifs is 1. The minimum atomic E-state index is -0.139. The molecular weight excluding hydrogens is 364 g/mol. The van der Waals surface area contributed by atoms with E-state index in [-0.39, 0.29) is 5.56 Å². The molecule has 1 fully saturated rings. The molecular formula is C22H22N6O. The van der Waals surface area contributed by atoms with Crippen LogP contribution in [0.15, 0.2) is 65.6 Å². The van der Waals surface area contributed by atoms with Gasteiger partial charge in [-0.2, -0.15) is 9.50 Å². The minimum Gasteiger partial charge on any atom is -0.294 e. The summed E-state index contributed by atoms with van der Waals surface area (Å²) in [5, 5.41) is 3.05. The van der Waals surface area contributed by atoms with Crippen molar-refractivity contribution in [3.63, 3.8) is 0 Å². The van der Waals surface area contributed by atoms with Crippen LogP contribution in [0.25, 0.3) is 17.2 Å². The predicted molar refractivity (Wildman–Crippen MR) is 110 cm³/mol. The second kappa shape index (κ2) is 7.60. The van der Waals surface area contributed by atoms with Gasteiger partial charge in [-0.15, -0.1) is 0 Å². The lowest BCUT2D eigenvalue weighted by molar-refractivity contribution is 0.240. The van der Waals surface area contributed by atoms with Crippen LogP contribution in [0.2, 0.25) is 0 Å². The molecule has 1 aromatic carbocycles. The summed E-state index contributed by atoms with van der Waals surface area (Å²) < 4.78 is 1.40. The first-order chi connectivity index (χ1) is 14.3. The molecule has 0 saturated carbocycles. The second-order valence-corrected chi connectivity index (χ2v) is 7.45. The molecule has 0 radical (unpaired) electrons. The number of rotatable bonds is 5. The minimum absolute atomic E-state index is 0.139. The van der Waals surface area contributed by atoms with Gasteiger partial charge < -0.3 is 0 Å². The van der Waals surface area contributed by atoms with Gasteiger partial charge in [-0.1, -0.05) is 36.4 Å². The maximum atomic E-state index is 12.6. The van der Waals surface area contributed by atoms with Gasteiger partial charge >= 0.3 is 0 Å². The van der Waals surface area contributed by atoms with Gasteiger partial charge in [0, 0.05) is 42.5 Å². The molecule has 7 nitrogen and oxygen atoms in total. The Labute approximate surface area is 168 Å². The number of H-pyrrole nitrogens is 1. The van der Waals surface area contributed by atoms with Crippen LogP contribution in [-0.2, 0) is 13.0 Å². The average Bonchev–Trinajstić information content (AvgIpc) is 3.37. The van der Waals surface area contributed by atoms with Gasteiger partial charge in [-0.05, 0) is 31.5 Å². The predicted octanol–water partition coefficient (Wildman–Crippen LogP) is 2.69. The fraction of sp³-hybridized carbons (Fsp3) is 0.273. The summed E-state index contributed by atoms with van der Waals surface area (Å²) in [6.07, 6.45) is 5.05. The zero-order valence-corrected chi connectivity index (χ0v) is 16.0. The number of aromatic amines is 1. The number of nitrogens with zero attached hydrogens (tertiary/aromatic N) is 5. The van der Waals surface area contributed by atoms with E-state index in [1.165, 1.54) is 4.52 Å². The highest BCUT2D eigenvalue weighted by atomic mass is 16.1. The van der Waals surface area contributed by atoms with Gasteiger partial charge in [0.1, 0.15) is 0 Å². The number of benzene rings is 1. The van der Waals surface area contributed by atoms with Gasteiger partial charge in [0.15, 0.2) is 5.82 Å². The molecule has 0 spiro atoms. The van der Waals surface area contributed by atoms with E-state index in [4.69, 9.17) is 0 Å². The number of hydrogen-bond acceptors (Lipinski definition) is 5. The van der Waals surface area contributed by atoms with E-state index in [1.54, 1.807) is 6.07 Å². The molecule has 0 aliphatic carbocycles. The van der Waals surface area contributed by atoms with Gasteiger partial charge in [-0.3, -0.25) is 19.8 Å². The maximum Gasteiger partial charge on any atom is 0.274 e. The normalized spacial score (nSPS) is 17.2. The van der Waals surface area contributed by atoms with E-state index in [0.717, 1.165) is 42.8 Å². The van der Waals surface area contributed by atoms with Crippen LogP contribution in [0, 0.1) is 0 Å². The molecule has 1 N–H and O–H groups in total. The van der Waals surface area contributed by atoms with Crippen LogP contribution in [-0.4, -0.2) is 42.1 Å². The summed E-state index contributed by atoms with van der Waals surface area (Å²) >= 11 is 0. The van der Waals surface area contributed by atoms with Crippen molar-refractivity contribution >= 4 is 5.78 Å². The highest BCUT2D eigenvalue weighted by molar-refractivity contribution is 5.56.